The number of aliphatic hydroxyl groups excluding tert-OH is 1. The highest BCUT2D eigenvalue weighted by Gasteiger charge is 2.16. The van der Waals surface area contributed by atoms with E-state index in [1.807, 2.05) is 42.5 Å². The number of methoxy groups -OCH3 is 1. The van der Waals surface area contributed by atoms with Crippen LogP contribution in [0, 0.1) is 0 Å². The summed E-state index contributed by atoms with van der Waals surface area (Å²) < 4.78 is 39.7. The fourth-order valence-corrected chi connectivity index (χ4v) is 7.06. The van der Waals surface area contributed by atoms with E-state index in [2.05, 4.69) is 36.0 Å². The van der Waals surface area contributed by atoms with Gasteiger partial charge in [-0.15, -0.1) is 20.5 Å². The number of hydrogen-bond acceptors (Lipinski definition) is 13. The number of ether oxygens (including phenoxy) is 1. The average Bonchev–Trinajstić information content (AvgIpc) is 3.27. The lowest BCUT2D eigenvalue weighted by Gasteiger charge is -2.10. The van der Waals surface area contributed by atoms with Gasteiger partial charge in [0.1, 0.15) is 17.1 Å². The van der Waals surface area contributed by atoms with Gasteiger partial charge in [0.05, 0.1) is 41.4 Å². The molecule has 0 aliphatic rings. The zero-order valence-electron chi connectivity index (χ0n) is 32.1. The molecular weight excluding hydrogens is 797 g/mol. The van der Waals surface area contributed by atoms with Crippen molar-refractivity contribution in [1.29, 1.82) is 0 Å². The van der Waals surface area contributed by atoms with Gasteiger partial charge in [0.15, 0.2) is 5.75 Å². The molecule has 6 N–H and O–H groups in total. The van der Waals surface area contributed by atoms with Crippen LogP contribution in [0.15, 0.2) is 175 Å². The molecule has 8 rings (SSSR count). The van der Waals surface area contributed by atoms with Crippen LogP contribution in [0.1, 0.15) is 15.9 Å². The fraction of sp³-hybridized carbons (Fsp3) is 0.0444. The lowest BCUT2D eigenvalue weighted by Crippen LogP contribution is -2.11. The van der Waals surface area contributed by atoms with Crippen molar-refractivity contribution in [3.8, 4) is 11.5 Å². The summed E-state index contributed by atoms with van der Waals surface area (Å²) >= 11 is 0. The Bertz CT molecular complexity index is 3230. The van der Waals surface area contributed by atoms with Crippen LogP contribution in [0.3, 0.4) is 0 Å². The number of aromatic hydroxyl groups is 1. The summed E-state index contributed by atoms with van der Waals surface area (Å²) in [6.45, 7) is -0.471. The highest BCUT2D eigenvalue weighted by atomic mass is 32.2. The molecule has 302 valence electrons. The van der Waals surface area contributed by atoms with E-state index in [4.69, 9.17) is 10.5 Å². The third kappa shape index (κ3) is 8.62. The van der Waals surface area contributed by atoms with Crippen molar-refractivity contribution in [2.45, 2.75) is 11.5 Å². The van der Waals surface area contributed by atoms with Gasteiger partial charge in [-0.2, -0.15) is 18.6 Å². The van der Waals surface area contributed by atoms with Crippen molar-refractivity contribution in [3.05, 3.63) is 151 Å². The van der Waals surface area contributed by atoms with Crippen molar-refractivity contribution in [1.82, 2.24) is 0 Å². The van der Waals surface area contributed by atoms with Gasteiger partial charge < -0.3 is 26.0 Å². The van der Waals surface area contributed by atoms with E-state index in [1.165, 1.54) is 37.4 Å². The molecule has 0 fully saturated rings. The van der Waals surface area contributed by atoms with Gasteiger partial charge in [-0.1, -0.05) is 42.5 Å². The number of carbonyl (C=O) groups is 1. The molecular formula is C45H34N8O7S. The number of aliphatic hydroxyl groups is 1. The molecule has 1 amide bonds. The predicted octanol–water partition coefficient (Wildman–Crippen LogP) is 11.7. The maximum Gasteiger partial charge on any atom is 0.294 e. The maximum atomic E-state index is 12.7. The maximum absolute atomic E-state index is 12.7. The number of hydrogen-bond donors (Lipinski definition) is 5. The van der Waals surface area contributed by atoms with Crippen molar-refractivity contribution in [2.24, 2.45) is 30.7 Å². The number of anilines is 2. The second kappa shape index (κ2) is 16.7. The minimum absolute atomic E-state index is 0.144. The van der Waals surface area contributed by atoms with Crippen molar-refractivity contribution in [3.63, 3.8) is 0 Å². The van der Waals surface area contributed by atoms with E-state index in [0.29, 0.717) is 55.4 Å². The molecule has 16 heteroatoms. The molecule has 8 aromatic carbocycles. The molecule has 61 heavy (non-hydrogen) atoms. The number of nitrogen functional groups attached to an aromatic ring is 1. The van der Waals surface area contributed by atoms with Gasteiger partial charge in [-0.3, -0.25) is 9.35 Å². The Kier molecular flexibility index (Phi) is 10.9. The van der Waals surface area contributed by atoms with E-state index in [1.54, 1.807) is 66.7 Å². The van der Waals surface area contributed by atoms with E-state index >= 15 is 0 Å². The summed E-state index contributed by atoms with van der Waals surface area (Å²) in [4.78, 5) is 12.4. The predicted molar refractivity (Wildman–Crippen MR) is 234 cm³/mol. The van der Waals surface area contributed by atoms with Gasteiger partial charge in [-0.25, -0.2) is 0 Å². The number of phenolic OH excluding ortho intramolecular Hbond substituents is 1. The smallest absolute Gasteiger partial charge is 0.294 e. The quantitative estimate of drug-likeness (QED) is 0.0476. The second-order valence-corrected chi connectivity index (χ2v) is 15.1. The number of nitrogens with one attached hydrogen (secondary N) is 1. The van der Waals surface area contributed by atoms with Crippen LogP contribution in [0.5, 0.6) is 11.5 Å². The molecule has 0 saturated heterocycles. The third-order valence-corrected chi connectivity index (χ3v) is 10.6. The number of nitrogens with two attached hydrogens (primary N) is 1. The molecule has 0 heterocycles. The fourth-order valence-electron chi connectivity index (χ4n) is 6.56. The zero-order valence-corrected chi connectivity index (χ0v) is 32.9. The molecule has 0 aromatic heterocycles. The van der Waals surface area contributed by atoms with Gasteiger partial charge in [0.2, 0.25) is 0 Å². The number of benzene rings is 8. The molecule has 0 radical (unpaired) electrons. The summed E-state index contributed by atoms with van der Waals surface area (Å²) in [5, 5.41) is 54.5. The van der Waals surface area contributed by atoms with E-state index in [-0.39, 0.29) is 45.1 Å². The van der Waals surface area contributed by atoms with E-state index in [9.17, 15) is 28.0 Å². The van der Waals surface area contributed by atoms with Crippen LogP contribution in [0.4, 0.5) is 45.5 Å². The number of nitrogens with zero attached hydrogens (tertiary/aromatic N) is 6. The first kappa shape index (κ1) is 39.9. The van der Waals surface area contributed by atoms with Crippen molar-refractivity contribution in [2.75, 3.05) is 18.2 Å². The Morgan fingerprint density at radius 2 is 1.30 bits per heavy atom. The standard InChI is InChI=1S/C45H34N8O7S/c1-60-43-24-41(30(25-54)22-42(43)53-51-40-17-9-29-21-32(13-15-35(29)44(40)55)47-45(56)27-6-10-31(46)11-7-27)52-50-39-19-18-38(36-16-14-34(23-37(36)39)61(57,58)59)49-48-33-12-8-26-4-2-3-5-28(26)20-33/h2-24,54-55H,25,46H2,1H3,(H,47,56)(H,57,58,59). The summed E-state index contributed by atoms with van der Waals surface area (Å²) in [6, 6.07) is 38.7. The Hall–Kier alpha value is -7.92. The summed E-state index contributed by atoms with van der Waals surface area (Å²) in [6.07, 6.45) is 0. The van der Waals surface area contributed by atoms with Crippen LogP contribution >= 0.6 is 0 Å². The van der Waals surface area contributed by atoms with Gasteiger partial charge in [-0.05, 0) is 107 Å². The molecule has 0 bridgehead atoms. The van der Waals surface area contributed by atoms with Crippen LogP contribution in [0.2, 0.25) is 0 Å². The van der Waals surface area contributed by atoms with Crippen LogP contribution in [0.25, 0.3) is 32.3 Å². The van der Waals surface area contributed by atoms with E-state index in [0.717, 1.165) is 10.8 Å². The monoisotopic (exact) mass is 830 g/mol. The molecule has 0 unspecified atom stereocenters. The molecule has 0 aliphatic carbocycles. The highest BCUT2D eigenvalue weighted by Crippen LogP contribution is 2.42. The van der Waals surface area contributed by atoms with Crippen molar-refractivity contribution < 1.29 is 32.7 Å². The summed E-state index contributed by atoms with van der Waals surface area (Å²) in [5.41, 5.74) is 9.39. The Labute approximate surface area is 348 Å². The highest BCUT2D eigenvalue weighted by molar-refractivity contribution is 7.85. The molecule has 0 atom stereocenters. The topological polar surface area (TPSA) is 233 Å². The lowest BCUT2D eigenvalue weighted by atomic mass is 10.1. The first-order chi connectivity index (χ1) is 29.5. The summed E-state index contributed by atoms with van der Waals surface area (Å²) in [5.74, 6) is -0.235. The van der Waals surface area contributed by atoms with Crippen LogP contribution in [-0.4, -0.2) is 36.2 Å². The number of carbonyl (C=O) groups excluding carboxylic acids is 1. The zero-order chi connectivity index (χ0) is 42.7. The van der Waals surface area contributed by atoms with E-state index < -0.39 is 16.7 Å². The molecule has 15 nitrogen and oxygen atoms in total. The number of amides is 1. The first-order valence-corrected chi connectivity index (χ1v) is 19.9. The minimum atomic E-state index is -4.57. The third-order valence-electron chi connectivity index (χ3n) is 9.73. The molecule has 0 saturated carbocycles. The summed E-state index contributed by atoms with van der Waals surface area (Å²) in [7, 11) is -3.16. The number of rotatable bonds is 11. The number of azo groups is 3. The Balaban J connectivity index is 1.07. The Morgan fingerprint density at radius 1 is 0.639 bits per heavy atom. The second-order valence-electron chi connectivity index (χ2n) is 13.7. The SMILES string of the molecule is COc1cc(N=Nc2ccc(N=Nc3ccc4ccccc4c3)c3ccc(S(=O)(=O)O)cc23)c(CO)cc1N=Nc1ccc2cc(NC(=O)c3ccc(N)cc3)ccc2c1O. The average molecular weight is 831 g/mol. The lowest BCUT2D eigenvalue weighted by molar-refractivity contribution is 0.102. The Morgan fingerprint density at radius 3 is 2.05 bits per heavy atom. The molecule has 0 spiro atoms. The van der Waals surface area contributed by atoms with Gasteiger partial charge >= 0.3 is 0 Å². The minimum Gasteiger partial charge on any atom is -0.505 e. The number of phenols is 1. The number of fused-ring (bicyclic) bond motifs is 3. The van der Waals surface area contributed by atoms with Crippen molar-refractivity contribution >= 4 is 93.8 Å². The largest absolute Gasteiger partial charge is 0.505 e. The van der Waals surface area contributed by atoms with Gasteiger partial charge in [0, 0.05) is 44.7 Å². The van der Waals surface area contributed by atoms with Crippen LogP contribution in [-0.2, 0) is 16.7 Å². The first-order valence-electron chi connectivity index (χ1n) is 18.5. The van der Waals surface area contributed by atoms with Gasteiger partial charge in [0.25, 0.3) is 16.0 Å². The normalized spacial score (nSPS) is 12.0. The molecule has 0 aliphatic heterocycles. The molecule has 8 aromatic rings. The van der Waals surface area contributed by atoms with Crippen LogP contribution < -0.4 is 15.8 Å².